The third kappa shape index (κ3) is 7.22. The number of nitrogens with zero attached hydrogens (tertiary/aromatic N) is 5. The number of likely N-dealkylation sites (tertiary alicyclic amines) is 2. The summed E-state index contributed by atoms with van der Waals surface area (Å²) in [6.45, 7) is 8.86. The number of rotatable bonds is 8. The molecule has 1 aromatic heterocycles. The molecule has 3 fully saturated rings. The fourth-order valence-corrected chi connectivity index (χ4v) is 7.59. The number of carbonyl (C=O) groups excluding carboxylic acids is 4. The van der Waals surface area contributed by atoms with E-state index in [0.717, 1.165) is 62.0 Å². The number of anilines is 1. The van der Waals surface area contributed by atoms with E-state index >= 15 is 0 Å². The third-order valence-electron chi connectivity index (χ3n) is 10.7. The van der Waals surface area contributed by atoms with Gasteiger partial charge in [0.25, 0.3) is 11.8 Å². The van der Waals surface area contributed by atoms with Crippen LogP contribution in [0, 0.1) is 0 Å². The molecule has 4 aliphatic heterocycles. The summed E-state index contributed by atoms with van der Waals surface area (Å²) in [5.41, 5.74) is 5.92. The molecule has 0 aliphatic carbocycles. The number of hydrogen-bond acceptors (Lipinski definition) is 8. The molecule has 2 aromatic carbocycles. The molecule has 11 heteroatoms. The maximum atomic E-state index is 13.3. The molecule has 4 aliphatic rings. The molecule has 4 amide bonds. The molecule has 0 bridgehead atoms. The average molecular weight is 664 g/mol. The van der Waals surface area contributed by atoms with E-state index in [2.05, 4.69) is 63.6 Å². The molecular formula is C38H45N7O4. The van der Waals surface area contributed by atoms with Crippen molar-refractivity contribution in [3.8, 4) is 0 Å². The largest absolute Gasteiger partial charge is 0.351 e. The molecule has 49 heavy (non-hydrogen) atoms. The number of fused-ring (bicyclic) bond motifs is 1. The molecule has 0 radical (unpaired) electrons. The van der Waals surface area contributed by atoms with Crippen LogP contribution in [0.25, 0.3) is 0 Å². The minimum atomic E-state index is -0.591. The first-order valence-electron chi connectivity index (χ1n) is 17.7. The van der Waals surface area contributed by atoms with Crippen molar-refractivity contribution in [1.82, 2.24) is 30.0 Å². The van der Waals surface area contributed by atoms with Gasteiger partial charge in [0, 0.05) is 62.2 Å². The molecule has 1 atom stereocenters. The maximum Gasteiger partial charge on any atom is 0.255 e. The van der Waals surface area contributed by atoms with Gasteiger partial charge < -0.3 is 15.1 Å². The van der Waals surface area contributed by atoms with Gasteiger partial charge in [0.2, 0.25) is 17.8 Å². The number of carbonyl (C=O) groups is 4. The van der Waals surface area contributed by atoms with E-state index in [1.807, 2.05) is 35.5 Å². The molecule has 3 aromatic rings. The quantitative estimate of drug-likeness (QED) is 0.339. The Morgan fingerprint density at radius 3 is 2.31 bits per heavy atom. The number of benzene rings is 2. The van der Waals surface area contributed by atoms with Gasteiger partial charge in [0.1, 0.15) is 6.04 Å². The Kier molecular flexibility index (Phi) is 9.44. The predicted molar refractivity (Wildman–Crippen MR) is 185 cm³/mol. The second-order valence-corrected chi connectivity index (χ2v) is 14.3. The smallest absolute Gasteiger partial charge is 0.255 e. The van der Waals surface area contributed by atoms with Gasteiger partial charge in [-0.05, 0) is 97.5 Å². The van der Waals surface area contributed by atoms with E-state index in [4.69, 9.17) is 0 Å². The van der Waals surface area contributed by atoms with Crippen molar-refractivity contribution in [3.05, 3.63) is 88.2 Å². The summed E-state index contributed by atoms with van der Waals surface area (Å²) in [5, 5.41) is 5.80. The Hall–Kier alpha value is -4.64. The van der Waals surface area contributed by atoms with Gasteiger partial charge in [0.15, 0.2) is 0 Å². The maximum absolute atomic E-state index is 13.3. The summed E-state index contributed by atoms with van der Waals surface area (Å²) < 4.78 is 0. The van der Waals surface area contributed by atoms with Crippen LogP contribution < -0.4 is 10.6 Å². The van der Waals surface area contributed by atoms with E-state index in [1.165, 1.54) is 11.1 Å². The number of amides is 4. The lowest BCUT2D eigenvalue weighted by Gasteiger charge is -2.33. The van der Waals surface area contributed by atoms with E-state index in [-0.39, 0.29) is 36.1 Å². The van der Waals surface area contributed by atoms with E-state index in [9.17, 15) is 19.2 Å². The van der Waals surface area contributed by atoms with Crippen LogP contribution in [-0.4, -0.2) is 86.6 Å². The van der Waals surface area contributed by atoms with Crippen molar-refractivity contribution < 1.29 is 19.2 Å². The Labute approximate surface area is 287 Å². The van der Waals surface area contributed by atoms with Crippen molar-refractivity contribution in [2.24, 2.45) is 0 Å². The van der Waals surface area contributed by atoms with Crippen molar-refractivity contribution in [2.45, 2.75) is 89.4 Å². The molecule has 1 unspecified atom stereocenters. The molecule has 11 nitrogen and oxygen atoms in total. The summed E-state index contributed by atoms with van der Waals surface area (Å²) in [5.74, 6) is 0.762. The SMILES string of the molecule is CC(C)c1cnc(NC2CCN(C(=O)c3ccc(CN4CCC(c5ccc6c(c5)CN(C5CCC(=O)NC5=O)C6=O)CC4)cc3)CC2)nc1. The van der Waals surface area contributed by atoms with Gasteiger partial charge in [0.05, 0.1) is 0 Å². The summed E-state index contributed by atoms with van der Waals surface area (Å²) in [6, 6.07) is 13.9. The fraction of sp³-hybridized carbons (Fsp3) is 0.474. The zero-order chi connectivity index (χ0) is 34.1. The van der Waals surface area contributed by atoms with Crippen LogP contribution in [-0.2, 0) is 22.7 Å². The fourth-order valence-electron chi connectivity index (χ4n) is 7.59. The second-order valence-electron chi connectivity index (χ2n) is 14.3. The summed E-state index contributed by atoms with van der Waals surface area (Å²) in [6.07, 6.45) is 8.17. The molecule has 5 heterocycles. The summed E-state index contributed by atoms with van der Waals surface area (Å²) >= 11 is 0. The Bertz CT molecular complexity index is 1710. The van der Waals surface area contributed by atoms with Crippen molar-refractivity contribution in [1.29, 1.82) is 0 Å². The number of imide groups is 1. The average Bonchev–Trinajstić information content (AvgIpc) is 3.44. The Morgan fingerprint density at radius 2 is 1.63 bits per heavy atom. The second kappa shape index (κ2) is 14.1. The molecule has 0 saturated carbocycles. The highest BCUT2D eigenvalue weighted by Gasteiger charge is 2.39. The van der Waals surface area contributed by atoms with Crippen LogP contribution >= 0.6 is 0 Å². The highest BCUT2D eigenvalue weighted by atomic mass is 16.2. The highest BCUT2D eigenvalue weighted by molar-refractivity contribution is 6.05. The molecule has 256 valence electrons. The number of aromatic nitrogens is 2. The first-order chi connectivity index (χ1) is 23.7. The van der Waals surface area contributed by atoms with Gasteiger partial charge in [-0.1, -0.05) is 38.1 Å². The number of hydrogen-bond donors (Lipinski definition) is 2. The molecular weight excluding hydrogens is 618 g/mol. The standard InChI is InChI=1S/C38H45N7O4/c1-24(2)30-20-39-38(40-21-30)41-31-13-17-44(18-14-31)36(48)27-5-3-25(4-6-27)22-43-15-11-26(12-16-43)28-7-8-32-29(19-28)23-45(37(32)49)33-9-10-34(46)42-35(33)47/h3-8,19-21,24,26,31,33H,9-18,22-23H2,1-2H3,(H,39,40,41)(H,42,46,47). The van der Waals surface area contributed by atoms with E-state index in [0.29, 0.717) is 49.4 Å². The van der Waals surface area contributed by atoms with E-state index < -0.39 is 6.04 Å². The predicted octanol–water partition coefficient (Wildman–Crippen LogP) is 4.46. The van der Waals surface area contributed by atoms with Gasteiger partial charge in [-0.2, -0.15) is 0 Å². The molecule has 2 N–H and O–H groups in total. The Balaban J connectivity index is 0.866. The normalized spacial score (nSPS) is 20.9. The van der Waals surface area contributed by atoms with Crippen molar-refractivity contribution in [2.75, 3.05) is 31.5 Å². The zero-order valence-electron chi connectivity index (χ0n) is 28.4. The summed E-state index contributed by atoms with van der Waals surface area (Å²) in [7, 11) is 0. The molecule has 0 spiro atoms. The van der Waals surface area contributed by atoms with Gasteiger partial charge in [-0.3, -0.25) is 29.4 Å². The van der Waals surface area contributed by atoms with Gasteiger partial charge in [-0.15, -0.1) is 0 Å². The lowest BCUT2D eigenvalue weighted by atomic mass is 9.87. The van der Waals surface area contributed by atoms with Crippen LogP contribution in [0.15, 0.2) is 54.9 Å². The topological polar surface area (TPSA) is 128 Å². The van der Waals surface area contributed by atoms with Gasteiger partial charge >= 0.3 is 0 Å². The van der Waals surface area contributed by atoms with Crippen LogP contribution in [0.5, 0.6) is 0 Å². The van der Waals surface area contributed by atoms with Gasteiger partial charge in [-0.25, -0.2) is 9.97 Å². The number of piperidine rings is 3. The lowest BCUT2D eigenvalue weighted by molar-refractivity contribution is -0.136. The third-order valence-corrected chi connectivity index (χ3v) is 10.7. The zero-order valence-corrected chi connectivity index (χ0v) is 28.4. The lowest BCUT2D eigenvalue weighted by Crippen LogP contribution is -2.52. The van der Waals surface area contributed by atoms with Crippen LogP contribution in [0.4, 0.5) is 5.95 Å². The van der Waals surface area contributed by atoms with Crippen LogP contribution in [0.1, 0.15) is 107 Å². The first kappa shape index (κ1) is 32.9. The Morgan fingerprint density at radius 1 is 0.918 bits per heavy atom. The minimum Gasteiger partial charge on any atom is -0.351 e. The number of nitrogens with one attached hydrogen (secondary N) is 2. The highest BCUT2D eigenvalue weighted by Crippen LogP contribution is 2.34. The van der Waals surface area contributed by atoms with Crippen molar-refractivity contribution >= 4 is 29.6 Å². The molecule has 7 rings (SSSR count). The molecule has 3 saturated heterocycles. The van der Waals surface area contributed by atoms with Crippen LogP contribution in [0.2, 0.25) is 0 Å². The minimum absolute atomic E-state index is 0.0830. The van der Waals surface area contributed by atoms with E-state index in [1.54, 1.807) is 4.90 Å². The van der Waals surface area contributed by atoms with Crippen LogP contribution in [0.3, 0.4) is 0 Å². The first-order valence-corrected chi connectivity index (χ1v) is 17.7. The monoisotopic (exact) mass is 663 g/mol. The van der Waals surface area contributed by atoms with Crippen molar-refractivity contribution in [3.63, 3.8) is 0 Å². The summed E-state index contributed by atoms with van der Waals surface area (Å²) in [4.78, 5) is 65.3.